The minimum absolute atomic E-state index is 0. The van der Waals surface area contributed by atoms with Gasteiger partial charge in [-0.15, -0.1) is 35.9 Å². The Morgan fingerprint density at radius 3 is 2.17 bits per heavy atom. The smallest absolute Gasteiger partial charge is 1.00 e. The molecule has 2 aromatic carbocycles. The van der Waals surface area contributed by atoms with Gasteiger partial charge in [0.25, 0.3) is 0 Å². The predicted molar refractivity (Wildman–Crippen MR) is 63.0 cm³/mol. The van der Waals surface area contributed by atoms with Crippen LogP contribution >= 0.6 is 0 Å². The van der Waals surface area contributed by atoms with Crippen molar-refractivity contribution in [2.24, 2.45) is 0 Å². The Labute approximate surface area is 153 Å². The summed E-state index contributed by atoms with van der Waals surface area (Å²) >= 11 is 0. The summed E-state index contributed by atoms with van der Waals surface area (Å²) in [4.78, 5) is 0. The number of ether oxygens (including phenoxy) is 1. The minimum atomic E-state index is 0. The van der Waals surface area contributed by atoms with E-state index in [1.807, 2.05) is 48.5 Å². The molecule has 0 spiro atoms. The van der Waals surface area contributed by atoms with Crippen LogP contribution in [-0.2, 0) is 0 Å². The molecule has 0 aliphatic rings. The van der Waals surface area contributed by atoms with Crippen LogP contribution in [0.2, 0.25) is 0 Å². The van der Waals surface area contributed by atoms with Crippen LogP contribution in [0.4, 0.5) is 0 Å². The summed E-state index contributed by atoms with van der Waals surface area (Å²) in [6.07, 6.45) is 0. The number of para-hydroxylation sites is 1. The van der Waals surface area contributed by atoms with E-state index >= 15 is 0 Å². The van der Waals surface area contributed by atoms with Gasteiger partial charge in [-0.05, 0) is 6.07 Å². The van der Waals surface area contributed by atoms with E-state index in [1.54, 1.807) is 7.11 Å². The molecule has 2 aromatic rings. The number of halogens is 2. The quantitative estimate of drug-likeness (QED) is 0.394. The van der Waals surface area contributed by atoms with Gasteiger partial charge in [0, 0.05) is 0 Å². The van der Waals surface area contributed by atoms with Gasteiger partial charge in [0.05, 0.1) is 12.9 Å². The van der Waals surface area contributed by atoms with Gasteiger partial charge >= 0.3 is 41.9 Å². The summed E-state index contributed by atoms with van der Waals surface area (Å²) in [6.45, 7) is 0. The molecule has 0 bridgehead atoms. The molecule has 5 heteroatoms. The third-order valence-electron chi connectivity index (χ3n) is 2.11. The van der Waals surface area contributed by atoms with E-state index < -0.39 is 0 Å². The largest absolute Gasteiger partial charge is 2.00 e. The average molecular weight is 330 g/mol. The summed E-state index contributed by atoms with van der Waals surface area (Å²) < 4.78 is 5.28. The number of rotatable bonds is 2. The molecule has 2 rings (SSSR count). The zero-order valence-electron chi connectivity index (χ0n) is 10.5. The van der Waals surface area contributed by atoms with E-state index in [2.05, 4.69) is 6.07 Å². The van der Waals surface area contributed by atoms with Crippen molar-refractivity contribution in [3.8, 4) is 16.9 Å². The molecule has 0 atom stereocenters. The molecule has 0 aromatic heterocycles. The third-order valence-corrected chi connectivity index (χ3v) is 2.11. The molecule has 0 saturated heterocycles. The van der Waals surface area contributed by atoms with E-state index in [0.717, 1.165) is 16.9 Å². The second kappa shape index (κ2) is 12.4. The Morgan fingerprint density at radius 1 is 1.00 bits per heavy atom. The fraction of sp³-hybridized carbons (Fsp3) is 0.0769. The number of hydrogen-bond acceptors (Lipinski definition) is 1. The van der Waals surface area contributed by atoms with Gasteiger partial charge in [-0.25, -0.2) is 0 Å². The maximum atomic E-state index is 5.28. The van der Waals surface area contributed by atoms with Gasteiger partial charge < -0.3 is 34.1 Å². The van der Waals surface area contributed by atoms with E-state index in [4.69, 9.17) is 4.74 Å². The Balaban J connectivity index is -0.000000562. The number of methoxy groups -OCH3 is 1. The molecule has 18 heavy (non-hydrogen) atoms. The summed E-state index contributed by atoms with van der Waals surface area (Å²) in [6, 6.07) is 19.0. The standard InChI is InChI=1S/C13H11O.BrH.ClH.Li.Mg/c1-14-13-10-6-5-9-12(13)11-7-3-2-4-8-11;;;;/h2-7,9-10H,1H3;2*1H;;/q-1;;;+1;+2/p-2. The zero-order valence-corrected chi connectivity index (χ0v) is 14.2. The maximum absolute atomic E-state index is 5.28. The van der Waals surface area contributed by atoms with Crippen molar-refractivity contribution in [3.63, 3.8) is 0 Å². The molecule has 0 amide bonds. The first-order chi connectivity index (χ1) is 6.92. The third kappa shape index (κ3) is 6.01. The van der Waals surface area contributed by atoms with Crippen LogP contribution in [0.15, 0.2) is 48.5 Å². The topological polar surface area (TPSA) is 9.23 Å². The molecule has 1 nitrogen and oxygen atoms in total. The molecule has 0 fully saturated rings. The van der Waals surface area contributed by atoms with Crippen LogP contribution in [-0.4, -0.2) is 30.2 Å². The second-order valence-corrected chi connectivity index (χ2v) is 2.98. The molecule has 0 saturated carbocycles. The minimum Gasteiger partial charge on any atom is -1.00 e. The van der Waals surface area contributed by atoms with E-state index in [9.17, 15) is 0 Å². The molecular formula is C13H11BrClLiMgO. The molecule has 0 unspecified atom stereocenters. The van der Waals surface area contributed by atoms with Gasteiger partial charge in [0.15, 0.2) is 0 Å². The van der Waals surface area contributed by atoms with Crippen molar-refractivity contribution in [1.82, 2.24) is 0 Å². The van der Waals surface area contributed by atoms with Crippen molar-refractivity contribution in [2.45, 2.75) is 0 Å². The SMILES string of the molecule is COc1ccccc1-c1[c-]cccc1.[Br-].[Cl-].[Li+].[Mg+2]. The fourth-order valence-electron chi connectivity index (χ4n) is 1.43. The van der Waals surface area contributed by atoms with Crippen molar-refractivity contribution < 1.29 is 53.0 Å². The van der Waals surface area contributed by atoms with Gasteiger partial charge in [0.2, 0.25) is 0 Å². The molecule has 0 heterocycles. The summed E-state index contributed by atoms with van der Waals surface area (Å²) in [5.41, 5.74) is 2.14. The first-order valence-electron chi connectivity index (χ1n) is 4.52. The van der Waals surface area contributed by atoms with Gasteiger partial charge in [0.1, 0.15) is 0 Å². The van der Waals surface area contributed by atoms with E-state index in [0.29, 0.717) is 0 Å². The Kier molecular flexibility index (Phi) is 16.2. The normalized spacial score (nSPS) is 7.61. The summed E-state index contributed by atoms with van der Waals surface area (Å²) in [7, 11) is 1.68. The maximum Gasteiger partial charge on any atom is 2.00 e. The van der Waals surface area contributed by atoms with Gasteiger partial charge in [-0.1, -0.05) is 23.8 Å². The molecule has 0 aliphatic carbocycles. The predicted octanol–water partition coefficient (Wildman–Crippen LogP) is -6.21. The van der Waals surface area contributed by atoms with E-state index in [1.165, 1.54) is 0 Å². The van der Waals surface area contributed by atoms with Crippen molar-refractivity contribution in [2.75, 3.05) is 7.11 Å². The monoisotopic (exact) mass is 328 g/mol. The van der Waals surface area contributed by atoms with Crippen LogP contribution in [0.5, 0.6) is 5.75 Å². The van der Waals surface area contributed by atoms with E-state index in [-0.39, 0.29) is 71.3 Å². The zero-order chi connectivity index (χ0) is 9.80. The Hall–Kier alpha value is 0.374. The van der Waals surface area contributed by atoms with Crippen LogP contribution in [0.3, 0.4) is 0 Å². The van der Waals surface area contributed by atoms with Crippen LogP contribution in [0.1, 0.15) is 0 Å². The fourth-order valence-corrected chi connectivity index (χ4v) is 1.43. The average Bonchev–Trinajstić information content (AvgIpc) is 2.30. The first kappa shape index (κ1) is 23.5. The molecular weight excluding hydrogens is 319 g/mol. The number of hydrogen-bond donors (Lipinski definition) is 0. The molecule has 86 valence electrons. The Morgan fingerprint density at radius 2 is 1.61 bits per heavy atom. The van der Waals surface area contributed by atoms with Crippen LogP contribution in [0, 0.1) is 6.07 Å². The van der Waals surface area contributed by atoms with Crippen LogP contribution < -0.4 is 53.0 Å². The van der Waals surface area contributed by atoms with Crippen molar-refractivity contribution >= 4 is 23.1 Å². The molecule has 0 aliphatic heterocycles. The summed E-state index contributed by atoms with van der Waals surface area (Å²) in [5, 5.41) is 0. The van der Waals surface area contributed by atoms with Gasteiger partial charge in [-0.2, -0.15) is 0 Å². The molecule has 0 N–H and O–H groups in total. The second-order valence-electron chi connectivity index (χ2n) is 2.98. The van der Waals surface area contributed by atoms with Crippen LogP contribution in [0.25, 0.3) is 11.1 Å². The summed E-state index contributed by atoms with van der Waals surface area (Å²) in [5.74, 6) is 0.884. The van der Waals surface area contributed by atoms with Crippen molar-refractivity contribution in [1.29, 1.82) is 0 Å². The first-order valence-corrected chi connectivity index (χ1v) is 4.52. The molecule has 0 radical (unpaired) electrons. The Bertz CT molecular complexity index is 428. The van der Waals surface area contributed by atoms with Gasteiger partial charge in [-0.3, -0.25) is 0 Å². The number of benzene rings is 2. The van der Waals surface area contributed by atoms with Crippen molar-refractivity contribution in [3.05, 3.63) is 54.6 Å².